The monoisotopic (exact) mass is 666 g/mol. The molecule has 0 rings (SSSR count). The normalized spacial score (nSPS) is 11.9. The molecule has 0 fully saturated rings. The highest BCUT2D eigenvalue weighted by atomic mass is 16.5. The number of carboxylic acids is 1. The summed E-state index contributed by atoms with van der Waals surface area (Å²) in [6.45, 7) is 4.91. The summed E-state index contributed by atoms with van der Waals surface area (Å²) in [5, 5.41) is 12.1. The van der Waals surface area contributed by atoms with Crippen molar-refractivity contribution in [1.82, 2.24) is 5.32 Å². The molecule has 0 aromatic rings. The lowest BCUT2D eigenvalue weighted by atomic mass is 10.0. The van der Waals surface area contributed by atoms with Crippen molar-refractivity contribution in [3.8, 4) is 0 Å². The molecule has 0 aromatic carbocycles. The van der Waals surface area contributed by atoms with E-state index in [2.05, 4.69) is 19.2 Å². The fourth-order valence-corrected chi connectivity index (χ4v) is 6.35. The van der Waals surface area contributed by atoms with Crippen molar-refractivity contribution in [3.63, 3.8) is 0 Å². The first-order chi connectivity index (χ1) is 23.0. The molecule has 0 unspecified atom stereocenters. The Kier molecular flexibility index (Phi) is 36.0. The number of carboxylic acid groups (broad SMARTS) is 1. The molecule has 0 saturated heterocycles. The van der Waals surface area contributed by atoms with Gasteiger partial charge in [-0.1, -0.05) is 200 Å². The molecular formula is C41H79NO5. The maximum absolute atomic E-state index is 12.2. The average molecular weight is 666 g/mol. The molecule has 278 valence electrons. The third kappa shape index (κ3) is 35.5. The quantitative estimate of drug-likeness (QED) is 0.0506. The van der Waals surface area contributed by atoms with E-state index < -0.39 is 12.0 Å². The Labute approximate surface area is 291 Å². The van der Waals surface area contributed by atoms with Crippen molar-refractivity contribution in [1.29, 1.82) is 0 Å². The maximum Gasteiger partial charge on any atom is 0.326 e. The van der Waals surface area contributed by atoms with E-state index in [1.165, 1.54) is 167 Å². The van der Waals surface area contributed by atoms with Gasteiger partial charge in [0, 0.05) is 12.8 Å². The number of carbonyl (C=O) groups excluding carboxylic acids is 2. The van der Waals surface area contributed by atoms with Gasteiger partial charge in [-0.3, -0.25) is 9.59 Å². The topological polar surface area (TPSA) is 92.7 Å². The fraction of sp³-hybridized carbons (Fsp3) is 0.927. The Morgan fingerprint density at radius 3 is 1.13 bits per heavy atom. The number of ether oxygens (including phenoxy) is 1. The van der Waals surface area contributed by atoms with Crippen molar-refractivity contribution in [2.24, 2.45) is 0 Å². The number of hydrogen-bond acceptors (Lipinski definition) is 4. The highest BCUT2D eigenvalue weighted by Crippen LogP contribution is 2.15. The molecule has 0 spiro atoms. The standard InChI is InChI=1S/C41H79NO5/c1-3-5-7-9-11-13-15-16-17-18-19-20-21-22-23-25-27-29-31-33-37-47-40(44)36-35-38(41(45)46)42-39(43)34-32-30-28-26-24-14-12-10-8-6-4-2/h38H,3-37H2,1-2H3,(H,42,43)(H,45,46)/t38-/m0/s1. The summed E-state index contributed by atoms with van der Waals surface area (Å²) < 4.78 is 5.31. The van der Waals surface area contributed by atoms with Gasteiger partial charge in [0.1, 0.15) is 6.04 Å². The van der Waals surface area contributed by atoms with E-state index in [1.54, 1.807) is 0 Å². The minimum absolute atomic E-state index is 0.00881. The first-order valence-electron chi connectivity index (χ1n) is 20.7. The summed E-state index contributed by atoms with van der Waals surface area (Å²) >= 11 is 0. The number of aliphatic carboxylic acids is 1. The smallest absolute Gasteiger partial charge is 0.326 e. The molecule has 0 heterocycles. The minimum Gasteiger partial charge on any atom is -0.480 e. The summed E-state index contributed by atoms with van der Waals surface area (Å²) in [4.78, 5) is 36.0. The van der Waals surface area contributed by atoms with Crippen molar-refractivity contribution < 1.29 is 24.2 Å². The predicted molar refractivity (Wildman–Crippen MR) is 199 cm³/mol. The van der Waals surface area contributed by atoms with Crippen molar-refractivity contribution in [2.75, 3.05) is 6.61 Å². The van der Waals surface area contributed by atoms with Crippen LogP contribution in [0.25, 0.3) is 0 Å². The van der Waals surface area contributed by atoms with Crippen LogP contribution in [-0.4, -0.2) is 35.6 Å². The molecule has 0 radical (unpaired) electrons. The van der Waals surface area contributed by atoms with Gasteiger partial charge >= 0.3 is 11.9 Å². The third-order valence-electron chi connectivity index (χ3n) is 9.54. The highest BCUT2D eigenvalue weighted by Gasteiger charge is 2.21. The molecule has 1 amide bonds. The summed E-state index contributed by atoms with van der Waals surface area (Å²) in [5.41, 5.74) is 0. The van der Waals surface area contributed by atoms with Crippen LogP contribution in [0.15, 0.2) is 0 Å². The zero-order valence-electron chi connectivity index (χ0n) is 31.4. The van der Waals surface area contributed by atoms with Crippen LogP contribution in [0, 0.1) is 0 Å². The van der Waals surface area contributed by atoms with Gasteiger partial charge in [-0.15, -0.1) is 0 Å². The summed E-state index contributed by atoms with van der Waals surface area (Å²) in [6.07, 6.45) is 40.3. The maximum atomic E-state index is 12.2. The number of esters is 1. The van der Waals surface area contributed by atoms with Gasteiger partial charge in [0.15, 0.2) is 0 Å². The number of hydrogen-bond donors (Lipinski definition) is 2. The molecule has 0 bridgehead atoms. The van der Waals surface area contributed by atoms with Crippen LogP contribution in [0.3, 0.4) is 0 Å². The van der Waals surface area contributed by atoms with Gasteiger partial charge in [-0.05, 0) is 19.3 Å². The predicted octanol–water partition coefficient (Wildman–Crippen LogP) is 12.4. The SMILES string of the molecule is CCCCCCCCCCCCCCCCCCCCCCOC(=O)CC[C@H](NC(=O)CCCCCCCCCCCCC)C(=O)O. The van der Waals surface area contributed by atoms with E-state index in [1.807, 2.05) is 0 Å². The van der Waals surface area contributed by atoms with Crippen molar-refractivity contribution >= 4 is 17.8 Å². The second kappa shape index (κ2) is 37.2. The average Bonchev–Trinajstić information content (AvgIpc) is 3.06. The Bertz CT molecular complexity index is 697. The van der Waals surface area contributed by atoms with Gasteiger partial charge in [0.2, 0.25) is 5.91 Å². The van der Waals surface area contributed by atoms with E-state index in [0.717, 1.165) is 32.1 Å². The lowest BCUT2D eigenvalue weighted by molar-refractivity contribution is -0.145. The summed E-state index contributed by atoms with van der Waals surface area (Å²) in [7, 11) is 0. The van der Waals surface area contributed by atoms with Crippen LogP contribution in [0.5, 0.6) is 0 Å². The molecule has 2 N–H and O–H groups in total. The Morgan fingerprint density at radius 2 is 0.787 bits per heavy atom. The lowest BCUT2D eigenvalue weighted by Crippen LogP contribution is -2.41. The molecule has 6 nitrogen and oxygen atoms in total. The molecule has 1 atom stereocenters. The van der Waals surface area contributed by atoms with Crippen LogP contribution < -0.4 is 5.32 Å². The molecule has 0 aliphatic carbocycles. The number of carbonyl (C=O) groups is 3. The Morgan fingerprint density at radius 1 is 0.468 bits per heavy atom. The number of nitrogens with one attached hydrogen (secondary N) is 1. The second-order valence-corrected chi connectivity index (χ2v) is 14.2. The van der Waals surface area contributed by atoms with Gasteiger partial charge in [-0.2, -0.15) is 0 Å². The van der Waals surface area contributed by atoms with E-state index in [4.69, 9.17) is 4.74 Å². The van der Waals surface area contributed by atoms with Crippen LogP contribution in [0.4, 0.5) is 0 Å². The van der Waals surface area contributed by atoms with Crippen LogP contribution in [0.1, 0.15) is 232 Å². The highest BCUT2D eigenvalue weighted by molar-refractivity contribution is 5.84. The zero-order chi connectivity index (χ0) is 34.5. The minimum atomic E-state index is -1.10. The first kappa shape index (κ1) is 45.4. The third-order valence-corrected chi connectivity index (χ3v) is 9.54. The van der Waals surface area contributed by atoms with Crippen molar-refractivity contribution in [2.45, 2.75) is 238 Å². The van der Waals surface area contributed by atoms with E-state index in [9.17, 15) is 19.5 Å². The molecule has 0 aromatic heterocycles. The Balaban J connectivity index is 3.54. The van der Waals surface area contributed by atoms with Gasteiger partial charge in [0.25, 0.3) is 0 Å². The van der Waals surface area contributed by atoms with Crippen LogP contribution >= 0.6 is 0 Å². The molecule has 0 aliphatic heterocycles. The molecule has 47 heavy (non-hydrogen) atoms. The van der Waals surface area contributed by atoms with Gasteiger partial charge < -0.3 is 15.2 Å². The molecular weight excluding hydrogens is 586 g/mol. The van der Waals surface area contributed by atoms with Crippen molar-refractivity contribution in [3.05, 3.63) is 0 Å². The zero-order valence-corrected chi connectivity index (χ0v) is 31.4. The Hall–Kier alpha value is -1.59. The van der Waals surface area contributed by atoms with Gasteiger partial charge in [-0.25, -0.2) is 4.79 Å². The van der Waals surface area contributed by atoms with E-state index >= 15 is 0 Å². The van der Waals surface area contributed by atoms with E-state index in [-0.39, 0.29) is 24.7 Å². The molecule has 0 saturated carbocycles. The number of amides is 1. The molecule has 6 heteroatoms. The lowest BCUT2D eigenvalue weighted by Gasteiger charge is -2.14. The van der Waals surface area contributed by atoms with Crippen LogP contribution in [0.2, 0.25) is 0 Å². The summed E-state index contributed by atoms with van der Waals surface area (Å²) in [5.74, 6) is -1.72. The summed E-state index contributed by atoms with van der Waals surface area (Å²) in [6, 6.07) is -1.04. The molecule has 0 aliphatic rings. The number of unbranched alkanes of at least 4 members (excludes halogenated alkanes) is 29. The fourth-order valence-electron chi connectivity index (χ4n) is 6.35. The number of rotatable bonds is 38. The second-order valence-electron chi connectivity index (χ2n) is 14.2. The van der Waals surface area contributed by atoms with Crippen LogP contribution in [-0.2, 0) is 19.1 Å². The van der Waals surface area contributed by atoms with Gasteiger partial charge in [0.05, 0.1) is 6.61 Å². The first-order valence-corrected chi connectivity index (χ1v) is 20.7. The van der Waals surface area contributed by atoms with E-state index in [0.29, 0.717) is 13.0 Å². The largest absolute Gasteiger partial charge is 0.480 e.